The van der Waals surface area contributed by atoms with Crippen LogP contribution < -0.4 is 0 Å². The average molecular weight is 331 g/mol. The molecule has 68 valence electrons. The molecule has 0 N–H and O–H groups in total. The van der Waals surface area contributed by atoms with Gasteiger partial charge in [-0.05, 0) is 0 Å². The second-order valence-electron chi connectivity index (χ2n) is 2.40. The Balaban J connectivity index is -0.0000000800. The molecular formula is C11H20Hf. The van der Waals surface area contributed by atoms with Gasteiger partial charge in [-0.3, -0.25) is 0 Å². The predicted octanol–water partition coefficient (Wildman–Crippen LogP) is 3.68. The van der Waals surface area contributed by atoms with E-state index in [1.807, 2.05) is 0 Å². The molecule has 0 aromatic heterocycles. The van der Waals surface area contributed by atoms with E-state index in [0.717, 1.165) is 0 Å². The fraction of sp³-hybridized carbons (Fsp3) is 0.273. The van der Waals surface area contributed by atoms with E-state index in [-0.39, 0.29) is 48.1 Å². The molecule has 1 rings (SSSR count). The average Bonchev–Trinajstić information content (AvgIpc) is 1.85. The molecule has 0 nitrogen and oxygen atoms in total. The van der Waals surface area contributed by atoms with Crippen LogP contribution in [0.5, 0.6) is 0 Å². The van der Waals surface area contributed by atoms with E-state index in [1.165, 1.54) is 16.7 Å². The summed E-state index contributed by atoms with van der Waals surface area (Å²) in [4.78, 5) is 0. The van der Waals surface area contributed by atoms with E-state index in [2.05, 4.69) is 32.9 Å². The summed E-state index contributed by atoms with van der Waals surface area (Å²) in [5.74, 6) is 0. The van der Waals surface area contributed by atoms with E-state index in [1.54, 1.807) is 0 Å². The van der Waals surface area contributed by atoms with E-state index in [4.69, 9.17) is 0 Å². The summed E-state index contributed by atoms with van der Waals surface area (Å²) in [5, 5.41) is 0. The minimum absolute atomic E-state index is 0. The minimum Gasteiger partial charge on any atom is -0.358 e. The quantitative estimate of drug-likeness (QED) is 0.503. The topological polar surface area (TPSA) is 0 Å². The fourth-order valence-electron chi connectivity index (χ4n) is 0.952. The van der Waals surface area contributed by atoms with Crippen molar-refractivity contribution in [2.45, 2.75) is 20.8 Å². The number of hydrogen-bond acceptors (Lipinski definition) is 0. The Morgan fingerprint density at radius 1 is 1.08 bits per heavy atom. The molecule has 0 heterocycles. The Labute approximate surface area is 97.5 Å². The van der Waals surface area contributed by atoms with Gasteiger partial charge in [-0.1, -0.05) is 20.8 Å². The smallest absolute Gasteiger partial charge is 0.358 e. The van der Waals surface area contributed by atoms with Crippen LogP contribution in [0.1, 0.15) is 16.7 Å². The summed E-state index contributed by atoms with van der Waals surface area (Å²) in [6, 6.07) is 4.41. The molecule has 0 amide bonds. The number of aryl methyl sites for hydroxylation is 3. The van der Waals surface area contributed by atoms with Gasteiger partial charge in [0.15, 0.2) is 0 Å². The van der Waals surface area contributed by atoms with Crippen LogP contribution in [-0.4, -0.2) is 0 Å². The first-order valence-corrected chi connectivity index (χ1v) is 2.90. The standard InChI is InChI=1S/C8H11.3CH3.Hf/c1-6-4-7(2)8(3)5-6;;;;/h4-5H,1-3H3;3*1H3;/q4*-1;+4. The van der Waals surface area contributed by atoms with Gasteiger partial charge in [0.25, 0.3) is 0 Å². The zero-order chi connectivity index (χ0) is 6.15. The number of hydrogen-bond donors (Lipinski definition) is 0. The third-order valence-corrected chi connectivity index (χ3v) is 1.51. The number of rotatable bonds is 0. The van der Waals surface area contributed by atoms with Gasteiger partial charge in [-0.2, -0.15) is 17.2 Å². The van der Waals surface area contributed by atoms with E-state index in [0.29, 0.717) is 0 Å². The van der Waals surface area contributed by atoms with Crippen LogP contribution in [-0.2, 0) is 25.8 Å². The van der Waals surface area contributed by atoms with Crippen LogP contribution in [0, 0.1) is 43.1 Å². The van der Waals surface area contributed by atoms with E-state index < -0.39 is 0 Å². The summed E-state index contributed by atoms with van der Waals surface area (Å²) in [6.45, 7) is 6.41. The Kier molecular flexibility index (Phi) is 17.7. The maximum Gasteiger partial charge on any atom is 4.00 e. The van der Waals surface area contributed by atoms with Crippen LogP contribution >= 0.6 is 0 Å². The molecule has 0 saturated heterocycles. The molecule has 0 spiro atoms. The second kappa shape index (κ2) is 9.31. The molecule has 0 bridgehead atoms. The third kappa shape index (κ3) is 5.82. The van der Waals surface area contributed by atoms with Crippen molar-refractivity contribution in [3.63, 3.8) is 0 Å². The largest absolute Gasteiger partial charge is 4.00 e. The van der Waals surface area contributed by atoms with Crippen molar-refractivity contribution in [2.24, 2.45) is 0 Å². The van der Waals surface area contributed by atoms with Crippen molar-refractivity contribution in [1.82, 2.24) is 0 Å². The SMILES string of the molecule is Cc1cc(C)[c-](C)c1.[CH3-].[CH3-].[CH3-].[Hf+4]. The summed E-state index contributed by atoms with van der Waals surface area (Å²) < 4.78 is 0. The maximum absolute atomic E-state index is 2.20. The molecule has 0 fully saturated rings. The maximum atomic E-state index is 2.20. The van der Waals surface area contributed by atoms with Gasteiger partial charge in [0.05, 0.1) is 0 Å². The first kappa shape index (κ1) is 22.8. The van der Waals surface area contributed by atoms with Gasteiger partial charge in [0.2, 0.25) is 0 Å². The zero-order valence-electron chi connectivity index (χ0n) is 9.15. The molecule has 0 radical (unpaired) electrons. The monoisotopic (exact) mass is 332 g/mol. The van der Waals surface area contributed by atoms with Gasteiger partial charge in [0, 0.05) is 0 Å². The van der Waals surface area contributed by atoms with Crippen LogP contribution in [0.2, 0.25) is 0 Å². The predicted molar refractivity (Wildman–Crippen MR) is 55.5 cm³/mol. The van der Waals surface area contributed by atoms with Crippen LogP contribution in [0.3, 0.4) is 0 Å². The summed E-state index contributed by atoms with van der Waals surface area (Å²) in [7, 11) is 0. The summed E-state index contributed by atoms with van der Waals surface area (Å²) in [6.07, 6.45) is 0. The van der Waals surface area contributed by atoms with Crippen molar-refractivity contribution in [3.8, 4) is 0 Å². The molecular weight excluding hydrogens is 311 g/mol. The Hall–Kier alpha value is 0.220. The van der Waals surface area contributed by atoms with Crippen LogP contribution in [0.15, 0.2) is 12.1 Å². The van der Waals surface area contributed by atoms with Crippen LogP contribution in [0.25, 0.3) is 0 Å². The Morgan fingerprint density at radius 2 is 1.50 bits per heavy atom. The van der Waals surface area contributed by atoms with Crippen molar-refractivity contribution in [2.75, 3.05) is 0 Å². The third-order valence-electron chi connectivity index (χ3n) is 1.51. The fourth-order valence-corrected chi connectivity index (χ4v) is 0.952. The molecule has 12 heavy (non-hydrogen) atoms. The molecule has 0 aliphatic rings. The molecule has 0 aliphatic carbocycles. The molecule has 0 atom stereocenters. The Bertz CT molecular complexity index is 167. The van der Waals surface area contributed by atoms with Gasteiger partial charge in [-0.15, -0.1) is 0 Å². The van der Waals surface area contributed by atoms with Gasteiger partial charge in [0.1, 0.15) is 0 Å². The van der Waals surface area contributed by atoms with Crippen molar-refractivity contribution < 1.29 is 25.8 Å². The first-order valence-electron chi connectivity index (χ1n) is 2.90. The normalized spacial score (nSPS) is 6.58. The van der Waals surface area contributed by atoms with Crippen molar-refractivity contribution in [1.29, 1.82) is 0 Å². The summed E-state index contributed by atoms with van der Waals surface area (Å²) >= 11 is 0. The van der Waals surface area contributed by atoms with Gasteiger partial charge in [-0.25, -0.2) is 11.6 Å². The second-order valence-corrected chi connectivity index (χ2v) is 2.40. The van der Waals surface area contributed by atoms with Gasteiger partial charge >= 0.3 is 25.8 Å². The first-order chi connectivity index (χ1) is 3.70. The Morgan fingerprint density at radius 3 is 1.58 bits per heavy atom. The van der Waals surface area contributed by atoms with E-state index >= 15 is 0 Å². The van der Waals surface area contributed by atoms with Crippen molar-refractivity contribution >= 4 is 0 Å². The molecule has 0 unspecified atom stereocenters. The van der Waals surface area contributed by atoms with Gasteiger partial charge < -0.3 is 22.3 Å². The summed E-state index contributed by atoms with van der Waals surface area (Å²) in [5.41, 5.74) is 4.19. The molecule has 1 heteroatoms. The molecule has 1 aromatic carbocycles. The van der Waals surface area contributed by atoms with Crippen molar-refractivity contribution in [3.05, 3.63) is 51.1 Å². The molecule has 0 aliphatic heterocycles. The minimum atomic E-state index is 0. The van der Waals surface area contributed by atoms with Crippen LogP contribution in [0.4, 0.5) is 0 Å². The zero-order valence-corrected chi connectivity index (χ0v) is 12.7. The molecule has 0 saturated carbocycles. The van der Waals surface area contributed by atoms with E-state index in [9.17, 15) is 0 Å². The molecule has 1 aromatic rings.